The van der Waals surface area contributed by atoms with Crippen LogP contribution in [0, 0.1) is 0 Å². The third-order valence-corrected chi connectivity index (χ3v) is 4.56. The number of carbonyl (C=O) groups is 1. The van der Waals surface area contributed by atoms with Crippen molar-refractivity contribution >= 4 is 11.6 Å². The number of anilines is 1. The molecular formula is C21H36N2O3. The van der Waals surface area contributed by atoms with Gasteiger partial charge in [0, 0.05) is 18.8 Å². The minimum Gasteiger partial charge on any atom is -0.494 e. The fraction of sp³-hybridized carbons (Fsp3) is 0.667. The minimum absolute atomic E-state index is 0.103. The number of nitrogens with one attached hydrogen (secondary N) is 1. The van der Waals surface area contributed by atoms with E-state index >= 15 is 0 Å². The predicted molar refractivity (Wildman–Crippen MR) is 108 cm³/mol. The molecule has 0 fully saturated rings. The SMILES string of the molecule is CCC[C@@](C)(OCC)C(=O)Nc1ccc(OCCCN(CC)CC)cc1. The van der Waals surface area contributed by atoms with E-state index in [4.69, 9.17) is 9.47 Å². The van der Waals surface area contributed by atoms with Gasteiger partial charge < -0.3 is 19.7 Å². The van der Waals surface area contributed by atoms with Gasteiger partial charge in [0.2, 0.25) is 0 Å². The van der Waals surface area contributed by atoms with Crippen LogP contribution in [0.15, 0.2) is 24.3 Å². The zero-order valence-corrected chi connectivity index (χ0v) is 17.1. The van der Waals surface area contributed by atoms with Crippen LogP contribution in [0.3, 0.4) is 0 Å². The van der Waals surface area contributed by atoms with Crippen LogP contribution in [0.5, 0.6) is 5.75 Å². The number of hydrogen-bond acceptors (Lipinski definition) is 4. The van der Waals surface area contributed by atoms with Crippen molar-refractivity contribution in [3.8, 4) is 5.75 Å². The molecule has 1 rings (SSSR count). The Morgan fingerprint density at radius 1 is 1.12 bits per heavy atom. The highest BCUT2D eigenvalue weighted by Crippen LogP contribution is 2.22. The Kier molecular flexibility index (Phi) is 10.3. The van der Waals surface area contributed by atoms with Crippen LogP contribution in [0.2, 0.25) is 0 Å². The Morgan fingerprint density at radius 3 is 2.31 bits per heavy atom. The monoisotopic (exact) mass is 364 g/mol. The second-order valence-corrected chi connectivity index (χ2v) is 6.62. The summed E-state index contributed by atoms with van der Waals surface area (Å²) in [5.74, 6) is 0.720. The van der Waals surface area contributed by atoms with Crippen LogP contribution < -0.4 is 10.1 Å². The Balaban J connectivity index is 2.50. The number of hydrogen-bond donors (Lipinski definition) is 1. The Morgan fingerprint density at radius 2 is 1.77 bits per heavy atom. The highest BCUT2D eigenvalue weighted by atomic mass is 16.5. The average molecular weight is 365 g/mol. The van der Waals surface area contributed by atoms with Crippen molar-refractivity contribution in [1.29, 1.82) is 0 Å². The third-order valence-electron chi connectivity index (χ3n) is 4.56. The number of rotatable bonds is 13. The van der Waals surface area contributed by atoms with E-state index in [1.165, 1.54) is 0 Å². The molecule has 0 heterocycles. The lowest BCUT2D eigenvalue weighted by Gasteiger charge is -2.27. The van der Waals surface area contributed by atoms with Crippen molar-refractivity contribution in [1.82, 2.24) is 4.90 Å². The molecule has 0 aromatic heterocycles. The number of benzene rings is 1. The minimum atomic E-state index is -0.789. The molecule has 0 aliphatic rings. The van der Waals surface area contributed by atoms with E-state index in [0.717, 1.165) is 43.9 Å². The third kappa shape index (κ3) is 7.34. The maximum absolute atomic E-state index is 12.6. The number of carbonyl (C=O) groups excluding carboxylic acids is 1. The first kappa shape index (κ1) is 22.5. The first-order valence-corrected chi connectivity index (χ1v) is 9.89. The van der Waals surface area contributed by atoms with Gasteiger partial charge in [-0.15, -0.1) is 0 Å². The molecule has 0 bridgehead atoms. The number of nitrogens with zero attached hydrogens (tertiary/aromatic N) is 1. The first-order valence-electron chi connectivity index (χ1n) is 9.89. The summed E-state index contributed by atoms with van der Waals surface area (Å²) < 4.78 is 11.5. The van der Waals surface area contributed by atoms with Gasteiger partial charge in [0.05, 0.1) is 6.61 Å². The molecule has 1 aromatic rings. The molecule has 1 amide bonds. The van der Waals surface area contributed by atoms with Crippen LogP contribution in [0.1, 0.15) is 53.9 Å². The summed E-state index contributed by atoms with van der Waals surface area (Å²) in [6.07, 6.45) is 2.59. The van der Waals surface area contributed by atoms with Gasteiger partial charge in [-0.05, 0) is 64.0 Å². The first-order chi connectivity index (χ1) is 12.5. The van der Waals surface area contributed by atoms with Gasteiger partial charge in [0.15, 0.2) is 0 Å². The van der Waals surface area contributed by atoms with E-state index in [1.54, 1.807) is 0 Å². The maximum atomic E-state index is 12.6. The smallest absolute Gasteiger partial charge is 0.256 e. The predicted octanol–water partition coefficient (Wildman–Crippen LogP) is 4.33. The van der Waals surface area contributed by atoms with E-state index in [-0.39, 0.29) is 5.91 Å². The molecule has 0 radical (unpaired) electrons. The zero-order chi connectivity index (χ0) is 19.4. The van der Waals surface area contributed by atoms with Crippen molar-refractivity contribution < 1.29 is 14.3 Å². The van der Waals surface area contributed by atoms with Gasteiger partial charge in [0.1, 0.15) is 11.4 Å². The van der Waals surface area contributed by atoms with Gasteiger partial charge in [-0.2, -0.15) is 0 Å². The molecule has 1 N–H and O–H groups in total. The van der Waals surface area contributed by atoms with Crippen molar-refractivity contribution in [2.45, 2.75) is 59.5 Å². The lowest BCUT2D eigenvalue weighted by molar-refractivity contribution is -0.139. The molecule has 1 atom stereocenters. The van der Waals surface area contributed by atoms with E-state index < -0.39 is 5.60 Å². The molecule has 0 aliphatic heterocycles. The molecule has 148 valence electrons. The molecule has 0 unspecified atom stereocenters. The Labute approximate surface area is 159 Å². The number of ether oxygens (including phenoxy) is 2. The summed E-state index contributed by atoms with van der Waals surface area (Å²) in [6.45, 7) is 14.6. The summed E-state index contributed by atoms with van der Waals surface area (Å²) in [4.78, 5) is 14.9. The zero-order valence-electron chi connectivity index (χ0n) is 17.1. The van der Waals surface area contributed by atoms with Crippen molar-refractivity contribution in [2.24, 2.45) is 0 Å². The van der Waals surface area contributed by atoms with E-state index in [9.17, 15) is 4.79 Å². The molecular weight excluding hydrogens is 328 g/mol. The van der Waals surface area contributed by atoms with Crippen LogP contribution in [-0.4, -0.2) is 49.3 Å². The Hall–Kier alpha value is -1.59. The highest BCUT2D eigenvalue weighted by Gasteiger charge is 2.32. The van der Waals surface area contributed by atoms with Crippen LogP contribution in [0.25, 0.3) is 0 Å². The summed E-state index contributed by atoms with van der Waals surface area (Å²) >= 11 is 0. The van der Waals surface area contributed by atoms with E-state index in [1.807, 2.05) is 38.1 Å². The molecule has 5 nitrogen and oxygen atoms in total. The summed E-state index contributed by atoms with van der Waals surface area (Å²) in [5.41, 5.74) is -0.0316. The van der Waals surface area contributed by atoms with Crippen molar-refractivity contribution in [3.63, 3.8) is 0 Å². The molecule has 0 saturated carbocycles. The second-order valence-electron chi connectivity index (χ2n) is 6.62. The lowest BCUT2D eigenvalue weighted by Crippen LogP contribution is -2.42. The molecule has 5 heteroatoms. The summed E-state index contributed by atoms with van der Waals surface area (Å²) in [5, 5.41) is 2.95. The van der Waals surface area contributed by atoms with Crippen molar-refractivity contribution in [2.75, 3.05) is 38.2 Å². The quantitative estimate of drug-likeness (QED) is 0.529. The molecule has 1 aromatic carbocycles. The van der Waals surface area contributed by atoms with E-state index in [0.29, 0.717) is 19.6 Å². The Bertz CT molecular complexity index is 506. The lowest BCUT2D eigenvalue weighted by atomic mass is 9.99. The molecule has 26 heavy (non-hydrogen) atoms. The fourth-order valence-electron chi connectivity index (χ4n) is 2.96. The van der Waals surface area contributed by atoms with E-state index in [2.05, 4.69) is 31.0 Å². The standard InChI is InChI=1S/C21H36N2O3/c1-6-15-21(5,26-9-4)20(24)22-18-11-13-19(14-12-18)25-17-10-16-23(7-2)8-3/h11-14H,6-10,15-17H2,1-5H3,(H,22,24)/t21-/m1/s1. The average Bonchev–Trinajstić information content (AvgIpc) is 2.63. The van der Waals surface area contributed by atoms with Crippen molar-refractivity contribution in [3.05, 3.63) is 24.3 Å². The normalized spacial score (nSPS) is 13.5. The summed E-state index contributed by atoms with van der Waals surface area (Å²) in [7, 11) is 0. The molecule has 0 aliphatic carbocycles. The highest BCUT2D eigenvalue weighted by molar-refractivity contribution is 5.97. The van der Waals surface area contributed by atoms with Gasteiger partial charge in [0.25, 0.3) is 5.91 Å². The maximum Gasteiger partial charge on any atom is 0.256 e. The molecule has 0 spiro atoms. The fourth-order valence-corrected chi connectivity index (χ4v) is 2.96. The van der Waals surface area contributed by atoms with Crippen LogP contribution >= 0.6 is 0 Å². The topological polar surface area (TPSA) is 50.8 Å². The van der Waals surface area contributed by atoms with Gasteiger partial charge in [-0.3, -0.25) is 4.79 Å². The van der Waals surface area contributed by atoms with Crippen LogP contribution in [0.4, 0.5) is 5.69 Å². The van der Waals surface area contributed by atoms with Crippen LogP contribution in [-0.2, 0) is 9.53 Å². The summed E-state index contributed by atoms with van der Waals surface area (Å²) in [6, 6.07) is 7.53. The van der Waals surface area contributed by atoms with Gasteiger partial charge in [-0.25, -0.2) is 0 Å². The largest absolute Gasteiger partial charge is 0.494 e. The molecule has 0 saturated heterocycles. The number of amides is 1. The second kappa shape index (κ2) is 11.9. The van der Waals surface area contributed by atoms with Gasteiger partial charge >= 0.3 is 0 Å². The van der Waals surface area contributed by atoms with Gasteiger partial charge in [-0.1, -0.05) is 27.2 Å².